The Morgan fingerprint density at radius 1 is 0.519 bits per heavy atom. The van der Waals surface area contributed by atoms with E-state index in [2.05, 4.69) is 13.8 Å². The van der Waals surface area contributed by atoms with E-state index in [9.17, 15) is 0 Å². The van der Waals surface area contributed by atoms with Gasteiger partial charge in [-0.05, 0) is 104 Å². The minimum atomic E-state index is 0.283. The molecule has 0 aromatic heterocycles. The summed E-state index contributed by atoms with van der Waals surface area (Å²) in [4.78, 5) is 0. The molecular formula is C26H45P. The van der Waals surface area contributed by atoms with Crippen molar-refractivity contribution in [3.63, 3.8) is 0 Å². The first kappa shape index (κ1) is 19.4. The molecule has 5 aliphatic carbocycles. The lowest BCUT2D eigenvalue weighted by Crippen LogP contribution is -2.38. The van der Waals surface area contributed by atoms with Crippen molar-refractivity contribution in [3.8, 4) is 0 Å². The third-order valence-corrected chi connectivity index (χ3v) is 14.0. The highest BCUT2D eigenvalue weighted by atomic mass is 31.1. The second-order valence-corrected chi connectivity index (χ2v) is 14.7. The normalized spacial score (nSPS) is 49.6. The van der Waals surface area contributed by atoms with Gasteiger partial charge in [-0.2, -0.15) is 0 Å². The third-order valence-electron chi connectivity index (χ3n) is 9.87. The summed E-state index contributed by atoms with van der Waals surface area (Å²) in [5, 5.41) is 0. The first-order valence-electron chi connectivity index (χ1n) is 13.0. The second-order valence-electron chi connectivity index (χ2n) is 11.7. The Morgan fingerprint density at radius 2 is 1.04 bits per heavy atom. The Labute approximate surface area is 170 Å². The van der Waals surface area contributed by atoms with Gasteiger partial charge >= 0.3 is 0 Å². The van der Waals surface area contributed by atoms with Gasteiger partial charge in [0, 0.05) is 0 Å². The zero-order chi connectivity index (χ0) is 18.4. The molecule has 0 aromatic rings. The first-order valence-corrected chi connectivity index (χ1v) is 14.5. The van der Waals surface area contributed by atoms with Crippen LogP contribution in [0.4, 0.5) is 0 Å². The molecule has 27 heavy (non-hydrogen) atoms. The predicted molar refractivity (Wildman–Crippen MR) is 120 cm³/mol. The van der Waals surface area contributed by atoms with Crippen LogP contribution in [0.2, 0.25) is 0 Å². The molecule has 5 rings (SSSR count). The average molecular weight is 389 g/mol. The van der Waals surface area contributed by atoms with Gasteiger partial charge in [-0.15, -0.1) is 0 Å². The molecule has 1 heteroatoms. The fraction of sp³-hybridized carbons (Fsp3) is 1.00. The van der Waals surface area contributed by atoms with Gasteiger partial charge in [0.15, 0.2) is 0 Å². The van der Waals surface area contributed by atoms with E-state index < -0.39 is 0 Å². The van der Waals surface area contributed by atoms with E-state index in [0.717, 1.165) is 35.5 Å². The van der Waals surface area contributed by atoms with E-state index in [0.29, 0.717) is 0 Å². The van der Waals surface area contributed by atoms with Crippen molar-refractivity contribution in [2.45, 2.75) is 127 Å². The van der Waals surface area contributed by atoms with Crippen LogP contribution < -0.4 is 0 Å². The molecule has 0 aliphatic heterocycles. The maximum atomic E-state index is 2.58. The maximum Gasteiger partial charge on any atom is -0.0173 e. The van der Waals surface area contributed by atoms with Crippen LogP contribution in [0.15, 0.2) is 0 Å². The maximum absolute atomic E-state index is 2.58. The minimum Gasteiger partial charge on any atom is -0.0966 e. The lowest BCUT2D eigenvalue weighted by Gasteiger charge is -2.51. The number of rotatable bonds is 3. The highest BCUT2D eigenvalue weighted by Crippen LogP contribution is 2.68. The number of hydrogen-bond acceptors (Lipinski definition) is 0. The van der Waals surface area contributed by atoms with E-state index in [1.54, 1.807) is 96.3 Å². The molecule has 0 bridgehead atoms. The molecule has 0 radical (unpaired) electrons. The molecule has 0 heterocycles. The molecule has 0 N–H and O–H groups in total. The summed E-state index contributed by atoms with van der Waals surface area (Å²) in [5.41, 5.74) is 3.55. The lowest BCUT2D eigenvalue weighted by atomic mass is 9.81. The molecular weight excluding hydrogens is 343 g/mol. The highest BCUT2D eigenvalue weighted by Gasteiger charge is 2.50. The molecule has 5 saturated carbocycles. The van der Waals surface area contributed by atoms with Crippen LogP contribution in [0, 0.1) is 35.5 Å². The summed E-state index contributed by atoms with van der Waals surface area (Å²) in [6.07, 6.45) is 23.9. The van der Waals surface area contributed by atoms with Gasteiger partial charge in [-0.25, -0.2) is 0 Å². The molecule has 0 saturated heterocycles. The molecule has 5 aliphatic rings. The SMILES string of the molecule is CC1CC2CCCC(P(C3CCCCC3)C3CCCC4CC(C)CC43)C2C1. The zero-order valence-corrected chi connectivity index (χ0v) is 19.1. The third kappa shape index (κ3) is 3.80. The monoisotopic (exact) mass is 388 g/mol. The summed E-state index contributed by atoms with van der Waals surface area (Å²) >= 11 is 0. The zero-order valence-electron chi connectivity index (χ0n) is 18.2. The Hall–Kier alpha value is 0.430. The molecule has 0 amide bonds. The molecule has 154 valence electrons. The predicted octanol–water partition coefficient (Wildman–Crippen LogP) is 8.23. The Kier molecular flexibility index (Phi) is 5.95. The molecule has 0 nitrogen and oxygen atoms in total. The van der Waals surface area contributed by atoms with Crippen LogP contribution in [0.25, 0.3) is 0 Å². The smallest absolute Gasteiger partial charge is 0.0173 e. The van der Waals surface area contributed by atoms with Gasteiger partial charge in [-0.1, -0.05) is 66.7 Å². The van der Waals surface area contributed by atoms with Crippen LogP contribution in [0.3, 0.4) is 0 Å². The summed E-state index contributed by atoms with van der Waals surface area (Å²) in [7, 11) is 0.283. The van der Waals surface area contributed by atoms with Crippen molar-refractivity contribution in [1.29, 1.82) is 0 Å². The van der Waals surface area contributed by atoms with Gasteiger partial charge in [0.2, 0.25) is 0 Å². The van der Waals surface area contributed by atoms with Crippen LogP contribution in [0.1, 0.15) is 110 Å². The summed E-state index contributed by atoms with van der Waals surface area (Å²) in [5.74, 6) is 6.65. The molecule has 8 atom stereocenters. The largest absolute Gasteiger partial charge is 0.0966 e. The standard InChI is InChI=1S/C26H45P/c1-18-14-20-8-6-12-25(23(20)16-18)27(22-10-4-3-5-11-22)26-13-7-9-21-15-19(2)17-24(21)26/h18-26H,3-17H2,1-2H3. The Balaban J connectivity index is 1.43. The van der Waals surface area contributed by atoms with E-state index in [4.69, 9.17) is 0 Å². The molecule has 0 aromatic carbocycles. The van der Waals surface area contributed by atoms with Crippen LogP contribution >= 0.6 is 7.92 Å². The Morgan fingerprint density at radius 3 is 1.56 bits per heavy atom. The van der Waals surface area contributed by atoms with Crippen LogP contribution in [-0.2, 0) is 0 Å². The molecule has 0 spiro atoms. The van der Waals surface area contributed by atoms with Crippen molar-refractivity contribution in [2.75, 3.05) is 0 Å². The van der Waals surface area contributed by atoms with Crippen molar-refractivity contribution >= 4 is 7.92 Å². The van der Waals surface area contributed by atoms with E-state index >= 15 is 0 Å². The van der Waals surface area contributed by atoms with Gasteiger partial charge in [0.25, 0.3) is 0 Å². The highest BCUT2D eigenvalue weighted by molar-refractivity contribution is 7.60. The average Bonchev–Trinajstić information content (AvgIpc) is 3.24. The topological polar surface area (TPSA) is 0 Å². The Bertz CT molecular complexity index is 458. The van der Waals surface area contributed by atoms with Gasteiger partial charge in [-0.3, -0.25) is 0 Å². The fourth-order valence-corrected chi connectivity index (χ4v) is 14.1. The molecule has 5 fully saturated rings. The number of fused-ring (bicyclic) bond motifs is 2. The fourth-order valence-electron chi connectivity index (χ4n) is 9.01. The first-order chi connectivity index (χ1) is 13.2. The van der Waals surface area contributed by atoms with Gasteiger partial charge in [0.05, 0.1) is 0 Å². The lowest BCUT2D eigenvalue weighted by molar-refractivity contribution is 0.262. The summed E-state index contributed by atoms with van der Waals surface area (Å²) in [6, 6.07) is 0. The van der Waals surface area contributed by atoms with Crippen LogP contribution in [0.5, 0.6) is 0 Å². The van der Waals surface area contributed by atoms with Crippen LogP contribution in [-0.4, -0.2) is 17.0 Å². The van der Waals surface area contributed by atoms with Crippen molar-refractivity contribution in [1.82, 2.24) is 0 Å². The van der Waals surface area contributed by atoms with Crippen molar-refractivity contribution < 1.29 is 0 Å². The minimum absolute atomic E-state index is 0.283. The summed E-state index contributed by atoms with van der Waals surface area (Å²) in [6.45, 7) is 5.15. The van der Waals surface area contributed by atoms with Crippen molar-refractivity contribution in [2.24, 2.45) is 35.5 Å². The number of hydrogen-bond donors (Lipinski definition) is 0. The quantitative estimate of drug-likeness (QED) is 0.427. The van der Waals surface area contributed by atoms with Crippen molar-refractivity contribution in [3.05, 3.63) is 0 Å². The second kappa shape index (κ2) is 8.28. The van der Waals surface area contributed by atoms with Gasteiger partial charge in [0.1, 0.15) is 0 Å². The van der Waals surface area contributed by atoms with E-state index in [-0.39, 0.29) is 7.92 Å². The van der Waals surface area contributed by atoms with Gasteiger partial charge < -0.3 is 0 Å². The summed E-state index contributed by atoms with van der Waals surface area (Å²) < 4.78 is 0. The molecule has 8 unspecified atom stereocenters. The van der Waals surface area contributed by atoms with E-state index in [1.807, 2.05) is 0 Å². The van der Waals surface area contributed by atoms with E-state index in [1.165, 1.54) is 17.0 Å².